The molecule has 192 valence electrons. The van der Waals surface area contributed by atoms with Gasteiger partial charge in [-0.15, -0.1) is 0 Å². The number of rotatable bonds is 4. The van der Waals surface area contributed by atoms with Gasteiger partial charge in [0, 0.05) is 47.9 Å². The van der Waals surface area contributed by atoms with Crippen molar-refractivity contribution in [3.8, 4) is 0 Å². The van der Waals surface area contributed by atoms with E-state index < -0.39 is 29.3 Å². The molecular formula is C29H18F3N5O2. The molecule has 3 aliphatic rings. The highest BCUT2D eigenvalue weighted by Crippen LogP contribution is 2.41. The maximum Gasteiger partial charge on any atom is 0.261 e. The van der Waals surface area contributed by atoms with Gasteiger partial charge in [0.1, 0.15) is 23.1 Å². The molecule has 0 fully saturated rings. The third kappa shape index (κ3) is 3.52. The number of nitrogens with zero attached hydrogens (tertiary/aromatic N) is 4. The van der Waals surface area contributed by atoms with E-state index >= 15 is 0 Å². The average molecular weight is 525 g/mol. The van der Waals surface area contributed by atoms with Crippen molar-refractivity contribution in [2.45, 2.75) is 18.9 Å². The van der Waals surface area contributed by atoms with Crippen molar-refractivity contribution in [2.24, 2.45) is 4.99 Å². The van der Waals surface area contributed by atoms with Crippen LogP contribution in [0.15, 0.2) is 83.9 Å². The Morgan fingerprint density at radius 1 is 0.974 bits per heavy atom. The number of hydrogen-bond donors (Lipinski definition) is 1. The van der Waals surface area contributed by atoms with Crippen LogP contribution in [0.1, 0.15) is 22.4 Å². The molecule has 7 rings (SSSR count). The number of aliphatic imine (C=N–C) groups is 1. The summed E-state index contributed by atoms with van der Waals surface area (Å²) in [4.78, 5) is 37.0. The molecule has 1 atom stereocenters. The van der Waals surface area contributed by atoms with Crippen molar-refractivity contribution >= 4 is 34.4 Å². The number of imidazole rings is 1. The number of carbonyl (C=O) groups is 2. The van der Waals surface area contributed by atoms with Crippen LogP contribution in [0.5, 0.6) is 0 Å². The number of carbonyl (C=O) groups excluding carboxylic acids is 2. The van der Waals surface area contributed by atoms with Crippen molar-refractivity contribution in [1.29, 1.82) is 0 Å². The molecular weight excluding hydrogens is 507 g/mol. The second-order valence-corrected chi connectivity index (χ2v) is 9.51. The van der Waals surface area contributed by atoms with Crippen LogP contribution in [0.25, 0.3) is 11.2 Å². The minimum atomic E-state index is -0.974. The van der Waals surface area contributed by atoms with Crippen LogP contribution < -0.4 is 10.2 Å². The molecule has 3 aliphatic heterocycles. The van der Waals surface area contributed by atoms with E-state index in [1.165, 1.54) is 6.20 Å². The summed E-state index contributed by atoms with van der Waals surface area (Å²) in [7, 11) is 0. The van der Waals surface area contributed by atoms with E-state index in [0.29, 0.717) is 41.2 Å². The SMILES string of the molecule is O=C1NC(=O)C(c2cnc3ccccn23)=C1C1=NC=CN2c3c(cccc31)CC2Cc1c(F)cc(F)cc1F. The number of aromatic nitrogens is 2. The van der Waals surface area contributed by atoms with E-state index in [0.717, 1.165) is 11.3 Å². The van der Waals surface area contributed by atoms with Gasteiger partial charge in [-0.25, -0.2) is 18.2 Å². The molecule has 2 aromatic heterocycles. The molecule has 5 heterocycles. The van der Waals surface area contributed by atoms with Crippen molar-refractivity contribution < 1.29 is 22.8 Å². The van der Waals surface area contributed by atoms with Crippen molar-refractivity contribution in [2.75, 3.05) is 4.90 Å². The van der Waals surface area contributed by atoms with Gasteiger partial charge in [0.2, 0.25) is 0 Å². The molecule has 0 aliphatic carbocycles. The van der Waals surface area contributed by atoms with E-state index in [2.05, 4.69) is 15.3 Å². The highest BCUT2D eigenvalue weighted by molar-refractivity contribution is 6.47. The van der Waals surface area contributed by atoms with Crippen molar-refractivity contribution in [3.63, 3.8) is 0 Å². The molecule has 1 unspecified atom stereocenters. The predicted molar refractivity (Wildman–Crippen MR) is 137 cm³/mol. The third-order valence-corrected chi connectivity index (χ3v) is 7.30. The normalized spacial score (nSPS) is 18.1. The van der Waals surface area contributed by atoms with Gasteiger partial charge in [-0.2, -0.15) is 0 Å². The monoisotopic (exact) mass is 525 g/mol. The van der Waals surface area contributed by atoms with Crippen molar-refractivity contribution in [1.82, 2.24) is 14.7 Å². The van der Waals surface area contributed by atoms with Gasteiger partial charge < -0.3 is 4.90 Å². The molecule has 2 aromatic carbocycles. The fourth-order valence-electron chi connectivity index (χ4n) is 5.65. The number of fused-ring (bicyclic) bond motifs is 1. The first-order valence-corrected chi connectivity index (χ1v) is 12.2. The van der Waals surface area contributed by atoms with Gasteiger partial charge >= 0.3 is 0 Å². The van der Waals surface area contributed by atoms with E-state index in [9.17, 15) is 22.8 Å². The zero-order chi connectivity index (χ0) is 26.8. The minimum Gasteiger partial charge on any atom is -0.342 e. The number of anilines is 1. The summed E-state index contributed by atoms with van der Waals surface area (Å²) in [6.07, 6.45) is 6.94. The Morgan fingerprint density at radius 3 is 2.59 bits per heavy atom. The zero-order valence-corrected chi connectivity index (χ0v) is 20.2. The number of amides is 2. The van der Waals surface area contributed by atoms with E-state index in [4.69, 9.17) is 0 Å². The highest BCUT2D eigenvalue weighted by atomic mass is 19.1. The van der Waals surface area contributed by atoms with E-state index in [1.54, 1.807) is 41.2 Å². The summed E-state index contributed by atoms with van der Waals surface area (Å²) in [6.45, 7) is 0. The number of benzene rings is 2. The van der Waals surface area contributed by atoms with Gasteiger partial charge in [0.05, 0.1) is 34.4 Å². The van der Waals surface area contributed by atoms with Crippen LogP contribution >= 0.6 is 0 Å². The molecule has 10 heteroatoms. The number of imide groups is 1. The maximum absolute atomic E-state index is 14.5. The minimum absolute atomic E-state index is 0.0134. The van der Waals surface area contributed by atoms with Gasteiger partial charge in [-0.3, -0.25) is 24.3 Å². The first-order chi connectivity index (χ1) is 18.9. The van der Waals surface area contributed by atoms with E-state index in [-0.39, 0.29) is 29.2 Å². The molecule has 0 bridgehead atoms. The smallest absolute Gasteiger partial charge is 0.261 e. The third-order valence-electron chi connectivity index (χ3n) is 7.30. The quantitative estimate of drug-likeness (QED) is 0.407. The Kier molecular flexibility index (Phi) is 5.06. The largest absolute Gasteiger partial charge is 0.342 e. The lowest BCUT2D eigenvalue weighted by molar-refractivity contribution is -0.123. The molecule has 1 N–H and O–H groups in total. The zero-order valence-electron chi connectivity index (χ0n) is 20.2. The second kappa shape index (κ2) is 8.52. The summed E-state index contributed by atoms with van der Waals surface area (Å²) >= 11 is 0. The Bertz CT molecular complexity index is 1810. The van der Waals surface area contributed by atoms with Gasteiger partial charge in [0.25, 0.3) is 11.8 Å². The number of nitrogens with one attached hydrogen (secondary N) is 1. The summed E-state index contributed by atoms with van der Waals surface area (Å²) in [5, 5.41) is 2.39. The van der Waals surface area contributed by atoms with E-state index in [1.807, 2.05) is 23.1 Å². The summed E-state index contributed by atoms with van der Waals surface area (Å²) < 4.78 is 44.2. The molecule has 0 radical (unpaired) electrons. The molecule has 4 aromatic rings. The summed E-state index contributed by atoms with van der Waals surface area (Å²) in [6, 6.07) is 11.9. The second-order valence-electron chi connectivity index (χ2n) is 9.51. The highest BCUT2D eigenvalue weighted by Gasteiger charge is 2.40. The van der Waals surface area contributed by atoms with Gasteiger partial charge in [-0.1, -0.05) is 24.3 Å². The van der Waals surface area contributed by atoms with Crippen LogP contribution in [-0.2, 0) is 22.4 Å². The Hall–Kier alpha value is -4.99. The van der Waals surface area contributed by atoms with Crippen LogP contribution in [0.2, 0.25) is 0 Å². The number of halogens is 3. The van der Waals surface area contributed by atoms with Gasteiger partial charge in [0.15, 0.2) is 0 Å². The van der Waals surface area contributed by atoms with Crippen molar-refractivity contribution in [3.05, 3.63) is 119 Å². The standard InChI is InChI=1S/C29H18F3N5O2/c30-16-11-20(31)19(21(32)12-16)13-17-10-15-4-3-5-18-26(33-7-9-36(17)27(15)18)25-24(28(38)35-29(25)39)22-14-34-23-6-1-2-8-37(22)23/h1-9,11-12,14,17H,10,13H2,(H,35,38,39). The van der Waals surface area contributed by atoms with Crippen LogP contribution in [0.3, 0.4) is 0 Å². The first-order valence-electron chi connectivity index (χ1n) is 12.2. The van der Waals surface area contributed by atoms with Gasteiger partial charge in [-0.05, 0) is 30.5 Å². The maximum atomic E-state index is 14.5. The Labute approximate surface area is 219 Å². The summed E-state index contributed by atoms with van der Waals surface area (Å²) in [5.74, 6) is -3.99. The predicted octanol–water partition coefficient (Wildman–Crippen LogP) is 4.11. The molecule has 7 nitrogen and oxygen atoms in total. The number of para-hydroxylation sites is 1. The molecule has 2 amide bonds. The average Bonchev–Trinajstić information content (AvgIpc) is 3.52. The lowest BCUT2D eigenvalue weighted by atomic mass is 9.94. The number of pyridine rings is 1. The lowest BCUT2D eigenvalue weighted by Crippen LogP contribution is -2.30. The lowest BCUT2D eigenvalue weighted by Gasteiger charge is -2.25. The summed E-state index contributed by atoms with van der Waals surface area (Å²) in [5.41, 5.74) is 3.66. The topological polar surface area (TPSA) is 79.1 Å². The van der Waals surface area contributed by atoms with Crippen LogP contribution in [-0.4, -0.2) is 33.0 Å². The molecule has 0 saturated heterocycles. The van der Waals surface area contributed by atoms with Crippen LogP contribution in [0.4, 0.5) is 18.9 Å². The molecule has 0 spiro atoms. The fourth-order valence-corrected chi connectivity index (χ4v) is 5.65. The first kappa shape index (κ1) is 23.2. The fraction of sp³-hybridized carbons (Fsp3) is 0.103. The number of hydrogen-bond acceptors (Lipinski definition) is 5. The molecule has 39 heavy (non-hydrogen) atoms. The Morgan fingerprint density at radius 2 is 1.77 bits per heavy atom. The Balaban J connectivity index is 1.35. The van der Waals surface area contributed by atoms with Crippen LogP contribution in [0, 0.1) is 17.5 Å². The molecule has 0 saturated carbocycles.